The Kier molecular flexibility index (Phi) is 24.9. The second-order valence-electron chi connectivity index (χ2n) is 17.3. The highest BCUT2D eigenvalue weighted by Gasteiger charge is 2.26. The first-order valence-electron chi connectivity index (χ1n) is 25.6. The van der Waals surface area contributed by atoms with E-state index in [1.54, 1.807) is 24.8 Å². The fourth-order valence-electron chi connectivity index (χ4n) is 7.91. The van der Waals surface area contributed by atoms with Gasteiger partial charge in [-0.25, -0.2) is 0 Å². The summed E-state index contributed by atoms with van der Waals surface area (Å²) in [4.78, 5) is 50.4. The Morgan fingerprint density at radius 1 is 0.304 bits per heavy atom. The lowest BCUT2D eigenvalue weighted by atomic mass is 9.93. The van der Waals surface area contributed by atoms with Crippen LogP contribution >= 0.6 is 23.2 Å². The van der Waals surface area contributed by atoms with E-state index < -0.39 is 0 Å². The molecule has 0 amide bonds. The quantitative estimate of drug-likeness (QED) is 0.0907. The molecule has 0 aliphatic carbocycles. The van der Waals surface area contributed by atoms with Gasteiger partial charge < -0.3 is 5.73 Å². The number of nitrogens with two attached hydrogens (primary N) is 1. The van der Waals surface area contributed by atoms with Crippen LogP contribution in [0.5, 0.6) is 0 Å². The van der Waals surface area contributed by atoms with E-state index in [1.165, 1.54) is 0 Å². The van der Waals surface area contributed by atoms with E-state index in [2.05, 4.69) is 77.9 Å². The van der Waals surface area contributed by atoms with Crippen LogP contribution in [-0.4, -0.2) is 59.7 Å². The molecule has 11 aromatic rings. The van der Waals surface area contributed by atoms with E-state index in [1.807, 2.05) is 225 Å². The van der Waals surface area contributed by atoms with Crippen molar-refractivity contribution in [2.45, 2.75) is 55.7 Å². The van der Waals surface area contributed by atoms with Crippen LogP contribution in [-0.2, 0) is 31.3 Å². The molecule has 0 fully saturated rings. The molecule has 0 saturated heterocycles. The van der Waals surface area contributed by atoms with E-state index >= 15 is 0 Å². The number of halogens is 2. The molecule has 79 heavy (non-hydrogen) atoms. The molecule has 0 unspecified atom stereocenters. The monoisotopic (exact) mass is 1080 g/mol. The second kappa shape index (κ2) is 34.0. The number of hydrogen-bond acceptors (Lipinski definition) is 13. The molecular formula is C64H61Cl2N13. The summed E-state index contributed by atoms with van der Waals surface area (Å²) in [6.07, 6.45) is 21.6. The predicted octanol–water partition coefficient (Wildman–Crippen LogP) is 12.9. The molecule has 0 aliphatic heterocycles. The third-order valence-corrected chi connectivity index (χ3v) is 12.3. The van der Waals surface area contributed by atoms with Crippen molar-refractivity contribution in [3.05, 3.63) is 331 Å². The van der Waals surface area contributed by atoms with Gasteiger partial charge in [-0.3, -0.25) is 59.7 Å². The van der Waals surface area contributed by atoms with Crippen LogP contribution in [0, 0.1) is 0 Å². The molecule has 15 heteroatoms. The summed E-state index contributed by atoms with van der Waals surface area (Å²) in [6, 6.07) is 64.5. The number of aryl methyl sites for hydroxylation is 1. The van der Waals surface area contributed by atoms with Crippen LogP contribution in [0.25, 0.3) is 0 Å². The van der Waals surface area contributed by atoms with Gasteiger partial charge in [-0.1, -0.05) is 66.7 Å². The lowest BCUT2D eigenvalue weighted by molar-refractivity contribution is 0.195. The minimum absolute atomic E-state index is 0.105. The fourth-order valence-corrected chi connectivity index (χ4v) is 8.23. The van der Waals surface area contributed by atoms with Gasteiger partial charge in [0.25, 0.3) is 0 Å². The summed E-state index contributed by atoms with van der Waals surface area (Å²) in [7, 11) is 0. The molecule has 11 rings (SSSR count). The standard InChI is InChI=1S/C23H21N5.C18H17N3.C11H11N3.2C6H6ClN/c1-5-13-24-19(9-1)17-28(18-20-10-2-6-14-25-20)23(21-11-3-7-15-26-21)22-12-4-8-16-27-22;1-4-12-19-15(7-1)10-11-16(17-8-2-5-13-20-17)18-9-3-6-14-21-18;12-11(9-5-1-3-7-13-9)10-6-2-4-8-14-10;2*7-5-6-3-1-2-4-8-6/h1-16,23H,17-18H2;1-9,12-14,16H,10-11H2;1-8,11H,12H2;2*1-4H,5H2. The molecule has 0 radical (unpaired) electrons. The highest BCUT2D eigenvalue weighted by Crippen LogP contribution is 2.29. The van der Waals surface area contributed by atoms with E-state index in [-0.39, 0.29) is 18.0 Å². The van der Waals surface area contributed by atoms with Gasteiger partial charge in [0.15, 0.2) is 0 Å². The van der Waals surface area contributed by atoms with Gasteiger partial charge >= 0.3 is 0 Å². The Balaban J connectivity index is 0.000000155. The third-order valence-electron chi connectivity index (χ3n) is 11.7. The Morgan fingerprint density at radius 2 is 0.570 bits per heavy atom. The average Bonchev–Trinajstić information content (AvgIpc) is 3.55. The molecule has 11 heterocycles. The smallest absolute Gasteiger partial charge is 0.0956 e. The number of hydrogen-bond donors (Lipinski definition) is 1. The van der Waals surface area contributed by atoms with E-state index in [9.17, 15) is 0 Å². The number of nitrogens with zero attached hydrogens (tertiary/aromatic N) is 12. The number of aromatic nitrogens is 11. The molecule has 0 atom stereocenters. The van der Waals surface area contributed by atoms with Crippen LogP contribution in [0.4, 0.5) is 0 Å². The van der Waals surface area contributed by atoms with Gasteiger partial charge in [0, 0.05) is 104 Å². The Labute approximate surface area is 472 Å². The molecule has 2 N–H and O–H groups in total. The summed E-state index contributed by atoms with van der Waals surface area (Å²) in [6.45, 7) is 1.32. The summed E-state index contributed by atoms with van der Waals surface area (Å²) >= 11 is 10.9. The zero-order valence-corrected chi connectivity index (χ0v) is 45.1. The van der Waals surface area contributed by atoms with E-state index in [0.29, 0.717) is 24.8 Å². The van der Waals surface area contributed by atoms with Crippen LogP contribution in [0.2, 0.25) is 0 Å². The van der Waals surface area contributed by atoms with Crippen molar-refractivity contribution in [2.75, 3.05) is 0 Å². The Morgan fingerprint density at radius 3 is 0.835 bits per heavy atom. The van der Waals surface area contributed by atoms with Crippen LogP contribution < -0.4 is 5.73 Å². The first-order chi connectivity index (χ1) is 39.1. The normalized spacial score (nSPS) is 10.5. The maximum Gasteiger partial charge on any atom is 0.0956 e. The van der Waals surface area contributed by atoms with Crippen molar-refractivity contribution in [3.8, 4) is 0 Å². The maximum absolute atomic E-state index is 5.99. The van der Waals surface area contributed by atoms with Gasteiger partial charge in [0.05, 0.1) is 69.4 Å². The SMILES string of the molecule is ClCc1ccccn1.ClCc1ccccn1.NC(c1ccccn1)c1ccccn1.c1ccc(CCC(c2ccccn2)c2ccccn2)nc1.c1ccc(CN(Cc2ccccn2)C(c2ccccn2)c2ccccn2)nc1. The number of pyridine rings is 11. The molecule has 0 aromatic carbocycles. The van der Waals surface area contributed by atoms with Crippen molar-refractivity contribution in [1.82, 2.24) is 59.7 Å². The lowest BCUT2D eigenvalue weighted by Gasteiger charge is -2.30. The average molecular weight is 1080 g/mol. The highest BCUT2D eigenvalue weighted by molar-refractivity contribution is 6.17. The van der Waals surface area contributed by atoms with Crippen LogP contribution in [0.3, 0.4) is 0 Å². The van der Waals surface area contributed by atoms with Crippen molar-refractivity contribution in [3.63, 3.8) is 0 Å². The number of rotatable bonds is 16. The van der Waals surface area contributed by atoms with Crippen molar-refractivity contribution >= 4 is 23.2 Å². The van der Waals surface area contributed by atoms with Gasteiger partial charge in [-0.15, -0.1) is 23.2 Å². The fraction of sp³-hybridized carbons (Fsp3) is 0.141. The topological polar surface area (TPSA) is 171 Å². The van der Waals surface area contributed by atoms with Crippen molar-refractivity contribution in [2.24, 2.45) is 5.73 Å². The Hall–Kier alpha value is -8.85. The summed E-state index contributed by atoms with van der Waals surface area (Å²) < 4.78 is 0. The predicted molar refractivity (Wildman–Crippen MR) is 313 cm³/mol. The zero-order chi connectivity index (χ0) is 54.8. The molecule has 11 aromatic heterocycles. The van der Waals surface area contributed by atoms with Crippen molar-refractivity contribution in [1.29, 1.82) is 0 Å². The molecule has 13 nitrogen and oxygen atoms in total. The molecular weight excluding hydrogens is 1020 g/mol. The Bertz CT molecular complexity index is 3050. The highest BCUT2D eigenvalue weighted by atomic mass is 35.5. The number of alkyl halides is 2. The van der Waals surface area contributed by atoms with Gasteiger partial charge in [-0.05, 0) is 146 Å². The second-order valence-corrected chi connectivity index (χ2v) is 17.8. The molecule has 0 aliphatic rings. The third kappa shape index (κ3) is 20.2. The summed E-state index contributed by atoms with van der Waals surface area (Å²) in [5.41, 5.74) is 16.6. The minimum atomic E-state index is -0.239. The van der Waals surface area contributed by atoms with Gasteiger partial charge in [0.1, 0.15) is 0 Å². The van der Waals surface area contributed by atoms with Gasteiger partial charge in [0.2, 0.25) is 0 Å². The minimum Gasteiger partial charge on any atom is -0.318 e. The molecule has 0 saturated carbocycles. The van der Waals surface area contributed by atoms with Gasteiger partial charge in [-0.2, -0.15) is 0 Å². The van der Waals surface area contributed by atoms with Crippen LogP contribution in [0.1, 0.15) is 87.1 Å². The zero-order valence-electron chi connectivity index (χ0n) is 43.6. The lowest BCUT2D eigenvalue weighted by Crippen LogP contribution is -2.30. The molecule has 0 bridgehead atoms. The van der Waals surface area contributed by atoms with Crippen molar-refractivity contribution < 1.29 is 0 Å². The summed E-state index contributed by atoms with van der Waals surface area (Å²) in [5, 5.41) is 0. The van der Waals surface area contributed by atoms with E-state index in [4.69, 9.17) is 28.9 Å². The first kappa shape index (κ1) is 57.8. The van der Waals surface area contributed by atoms with E-state index in [0.717, 1.165) is 75.5 Å². The molecule has 396 valence electrons. The molecule has 0 spiro atoms. The maximum atomic E-state index is 5.99. The van der Waals surface area contributed by atoms with Crippen LogP contribution in [0.15, 0.2) is 268 Å². The first-order valence-corrected chi connectivity index (χ1v) is 26.7. The summed E-state index contributed by atoms with van der Waals surface area (Å²) in [5.74, 6) is 1.20. The largest absolute Gasteiger partial charge is 0.318 e.